The van der Waals surface area contributed by atoms with Gasteiger partial charge >= 0.3 is 0 Å². The molecule has 3 fully saturated rings. The summed E-state index contributed by atoms with van der Waals surface area (Å²) in [6.45, 7) is 1.55. The maximum absolute atomic E-state index is 12.9. The summed E-state index contributed by atoms with van der Waals surface area (Å²) in [4.78, 5) is 12.9. The van der Waals surface area contributed by atoms with E-state index in [4.69, 9.17) is 28.4 Å². The quantitative estimate of drug-likeness (QED) is 0.0317. The van der Waals surface area contributed by atoms with E-state index in [0.717, 1.165) is 44.9 Å². The highest BCUT2D eigenvalue weighted by molar-refractivity contribution is 5.76. The Morgan fingerprint density at radius 3 is 1.42 bits per heavy atom. The Morgan fingerprint density at radius 2 is 0.939 bits per heavy atom. The fourth-order valence-electron chi connectivity index (χ4n) is 8.60. The summed E-state index contributed by atoms with van der Waals surface area (Å²) in [5.74, 6) is -0.295. The van der Waals surface area contributed by atoms with Crippen LogP contribution in [0.15, 0.2) is 12.2 Å². The van der Waals surface area contributed by atoms with E-state index in [0.29, 0.717) is 6.42 Å². The fourth-order valence-corrected chi connectivity index (χ4v) is 8.60. The molecule has 17 atom stereocenters. The van der Waals surface area contributed by atoms with Crippen LogP contribution in [-0.2, 0) is 33.2 Å². The van der Waals surface area contributed by atoms with Crippen LogP contribution in [0.2, 0.25) is 0 Å². The second-order valence-corrected chi connectivity index (χ2v) is 18.3. The van der Waals surface area contributed by atoms with E-state index in [9.17, 15) is 61.0 Å². The van der Waals surface area contributed by atoms with Gasteiger partial charge in [-0.1, -0.05) is 135 Å². The van der Waals surface area contributed by atoms with E-state index in [1.807, 2.05) is 6.08 Å². The second kappa shape index (κ2) is 33.2. The largest absolute Gasteiger partial charge is 0.394 e. The summed E-state index contributed by atoms with van der Waals surface area (Å²) in [6.07, 6.45) is 0.176. The van der Waals surface area contributed by atoms with Gasteiger partial charge in [-0.15, -0.1) is 0 Å². The first-order valence-corrected chi connectivity index (χ1v) is 24.9. The summed E-state index contributed by atoms with van der Waals surface area (Å²) in [5, 5.41) is 119. The standard InChI is InChI=1S/C47H87NO18/c1-3-5-7-9-10-11-12-13-14-15-16-17-18-19-20-21-22-24-31(52)30(48-35(53)25-23-8-6-4-2)29-61-45-41(59)38(56)43(33(27-50)63-45)66-47-42(60)39(57)44(34(28-51)64-47)65-46-40(58)37(55)36(54)32(26-49)62-46/h22,24,30-34,36-47,49-52,54-60H,3-21,23,25-29H2,1-2H3,(H,48,53)/b24-22+. The Balaban J connectivity index is 1.51. The number of hydrogen-bond donors (Lipinski definition) is 12. The van der Waals surface area contributed by atoms with Crippen LogP contribution in [-0.4, -0.2) is 193 Å². The van der Waals surface area contributed by atoms with Crippen LogP contribution < -0.4 is 5.32 Å². The Bertz CT molecular complexity index is 1280. The summed E-state index contributed by atoms with van der Waals surface area (Å²) in [6, 6.07) is -0.962. The van der Waals surface area contributed by atoms with Crippen LogP contribution in [0.25, 0.3) is 0 Å². The lowest BCUT2D eigenvalue weighted by molar-refractivity contribution is -0.379. The van der Waals surface area contributed by atoms with Gasteiger partial charge in [0.2, 0.25) is 5.91 Å². The number of allylic oxidation sites excluding steroid dienone is 1. The Kier molecular flexibility index (Phi) is 29.6. The van der Waals surface area contributed by atoms with Crippen molar-refractivity contribution < 1.29 is 89.4 Å². The van der Waals surface area contributed by atoms with Gasteiger partial charge in [0.25, 0.3) is 0 Å². The van der Waals surface area contributed by atoms with Crippen molar-refractivity contribution >= 4 is 5.91 Å². The number of rotatable bonds is 34. The normalized spacial score (nSPS) is 33.9. The van der Waals surface area contributed by atoms with Crippen LogP contribution in [0, 0.1) is 0 Å². The molecule has 0 radical (unpaired) electrons. The molecule has 12 N–H and O–H groups in total. The first kappa shape index (κ1) is 58.8. The average molecular weight is 954 g/mol. The Labute approximate surface area is 391 Å². The predicted molar refractivity (Wildman–Crippen MR) is 240 cm³/mol. The molecular formula is C47H87NO18. The molecule has 0 bridgehead atoms. The van der Waals surface area contributed by atoms with E-state index in [1.165, 1.54) is 77.0 Å². The molecule has 0 aromatic rings. The van der Waals surface area contributed by atoms with Gasteiger partial charge in [-0.3, -0.25) is 4.79 Å². The predicted octanol–water partition coefficient (Wildman–Crippen LogP) is 1.09. The molecule has 0 aromatic heterocycles. The van der Waals surface area contributed by atoms with Gasteiger partial charge in [-0.05, 0) is 19.3 Å². The summed E-state index contributed by atoms with van der Waals surface area (Å²) >= 11 is 0. The number of nitrogens with one attached hydrogen (secondary N) is 1. The molecule has 1 amide bonds. The molecule has 3 rings (SSSR count). The second-order valence-electron chi connectivity index (χ2n) is 18.3. The minimum Gasteiger partial charge on any atom is -0.394 e. The van der Waals surface area contributed by atoms with E-state index in [2.05, 4.69) is 19.2 Å². The molecule has 19 heteroatoms. The lowest BCUT2D eigenvalue weighted by atomic mass is 9.96. The number of amides is 1. The van der Waals surface area contributed by atoms with Crippen molar-refractivity contribution in [3.8, 4) is 0 Å². The number of aliphatic hydroxyl groups excluding tert-OH is 11. The van der Waals surface area contributed by atoms with Crippen molar-refractivity contribution in [3.05, 3.63) is 12.2 Å². The number of ether oxygens (including phenoxy) is 6. The minimum atomic E-state index is -1.97. The van der Waals surface area contributed by atoms with Crippen molar-refractivity contribution in [2.75, 3.05) is 26.4 Å². The van der Waals surface area contributed by atoms with Crippen LogP contribution in [0.1, 0.15) is 149 Å². The molecular weight excluding hydrogens is 867 g/mol. The Hall–Kier alpha value is -1.47. The SMILES string of the molecule is CCCCCCCCCCCCCCCCC/C=C/C(O)C(COC1OC(CO)C(OC2OC(CO)C(OC3OC(CO)C(O)C(O)C3O)C(O)C2O)C(O)C1O)NC(=O)CCCCCC. The smallest absolute Gasteiger partial charge is 0.220 e. The minimum absolute atomic E-state index is 0.237. The monoisotopic (exact) mass is 954 g/mol. The number of aliphatic hydroxyl groups is 11. The third-order valence-corrected chi connectivity index (χ3v) is 12.8. The first-order chi connectivity index (χ1) is 31.8. The summed E-state index contributed by atoms with van der Waals surface area (Å²) < 4.78 is 33.9. The van der Waals surface area contributed by atoms with E-state index >= 15 is 0 Å². The number of carbonyl (C=O) groups excluding carboxylic acids is 1. The van der Waals surface area contributed by atoms with Gasteiger partial charge in [-0.25, -0.2) is 0 Å². The van der Waals surface area contributed by atoms with E-state index < -0.39 is 124 Å². The molecule has 17 unspecified atom stereocenters. The molecule has 388 valence electrons. The molecule has 3 saturated heterocycles. The lowest BCUT2D eigenvalue weighted by Gasteiger charge is -2.48. The van der Waals surface area contributed by atoms with Gasteiger partial charge in [0, 0.05) is 6.42 Å². The van der Waals surface area contributed by atoms with Crippen LogP contribution in [0.4, 0.5) is 0 Å². The van der Waals surface area contributed by atoms with Crippen LogP contribution in [0.3, 0.4) is 0 Å². The first-order valence-electron chi connectivity index (χ1n) is 24.9. The van der Waals surface area contributed by atoms with E-state index in [1.54, 1.807) is 6.08 Å². The van der Waals surface area contributed by atoms with Gasteiger partial charge < -0.3 is 89.9 Å². The zero-order chi connectivity index (χ0) is 48.4. The Morgan fingerprint density at radius 1 is 0.530 bits per heavy atom. The maximum Gasteiger partial charge on any atom is 0.220 e. The third kappa shape index (κ3) is 19.4. The summed E-state index contributed by atoms with van der Waals surface area (Å²) in [5.41, 5.74) is 0. The van der Waals surface area contributed by atoms with E-state index in [-0.39, 0.29) is 18.9 Å². The fraction of sp³-hybridized carbons (Fsp3) is 0.936. The van der Waals surface area contributed by atoms with Gasteiger partial charge in [-0.2, -0.15) is 0 Å². The third-order valence-electron chi connectivity index (χ3n) is 12.8. The lowest BCUT2D eigenvalue weighted by Crippen LogP contribution is -2.66. The summed E-state index contributed by atoms with van der Waals surface area (Å²) in [7, 11) is 0. The molecule has 0 aliphatic carbocycles. The molecule has 3 heterocycles. The molecule has 66 heavy (non-hydrogen) atoms. The van der Waals surface area contributed by atoms with Crippen molar-refractivity contribution in [2.45, 2.75) is 253 Å². The highest BCUT2D eigenvalue weighted by Gasteiger charge is 2.53. The maximum atomic E-state index is 12.9. The van der Waals surface area contributed by atoms with Crippen molar-refractivity contribution in [2.24, 2.45) is 0 Å². The molecule has 0 saturated carbocycles. The van der Waals surface area contributed by atoms with Crippen molar-refractivity contribution in [1.29, 1.82) is 0 Å². The number of carbonyl (C=O) groups is 1. The zero-order valence-electron chi connectivity index (χ0n) is 39.4. The van der Waals surface area contributed by atoms with Gasteiger partial charge in [0.05, 0.1) is 38.6 Å². The average Bonchev–Trinajstić information content (AvgIpc) is 3.31. The van der Waals surface area contributed by atoms with Gasteiger partial charge in [0.15, 0.2) is 18.9 Å². The van der Waals surface area contributed by atoms with Gasteiger partial charge in [0.1, 0.15) is 73.2 Å². The van der Waals surface area contributed by atoms with Crippen molar-refractivity contribution in [3.63, 3.8) is 0 Å². The molecule has 19 nitrogen and oxygen atoms in total. The number of hydrogen-bond acceptors (Lipinski definition) is 18. The zero-order valence-corrected chi connectivity index (χ0v) is 39.4. The topological polar surface area (TPSA) is 307 Å². The highest BCUT2D eigenvalue weighted by atomic mass is 16.8. The molecule has 3 aliphatic rings. The molecule has 3 aliphatic heterocycles. The van der Waals surface area contributed by atoms with Crippen molar-refractivity contribution in [1.82, 2.24) is 5.32 Å². The molecule has 0 aromatic carbocycles. The number of unbranched alkanes of at least 4 members (excludes halogenated alkanes) is 18. The highest BCUT2D eigenvalue weighted by Crippen LogP contribution is 2.33. The van der Waals surface area contributed by atoms with Crippen LogP contribution >= 0.6 is 0 Å². The van der Waals surface area contributed by atoms with Crippen LogP contribution in [0.5, 0.6) is 0 Å². The molecule has 0 spiro atoms.